The van der Waals surface area contributed by atoms with Gasteiger partial charge in [-0.15, -0.1) is 24.8 Å². The number of carbonyl (C=O) groups excluding carboxylic acids is 1. The molecule has 1 amide bonds. The molecular weight excluding hydrogens is 199 g/mol. The lowest BCUT2D eigenvalue weighted by Gasteiger charge is -2.07. The van der Waals surface area contributed by atoms with Crippen LogP contribution in [-0.4, -0.2) is 31.3 Å². The van der Waals surface area contributed by atoms with Crippen LogP contribution in [0.5, 0.6) is 0 Å². The van der Waals surface area contributed by atoms with Crippen LogP contribution in [0.15, 0.2) is 0 Å². The first-order valence-corrected chi connectivity index (χ1v) is 3.52. The fraction of sp³-hybridized carbons (Fsp3) is 0.800. The summed E-state index contributed by atoms with van der Waals surface area (Å²) in [5.74, 6) is -0.797. The maximum Gasteiger partial charge on any atom is 0.522 e. The standard InChI is InChI=1S/C5H7ClF3NO2/c6-3-4(11)10-1-2-12-5(7,8)9/h1-3H2,(H,10,11). The Bertz CT molecular complexity index is 150. The van der Waals surface area contributed by atoms with E-state index in [9.17, 15) is 18.0 Å². The Balaban J connectivity index is 3.28. The summed E-state index contributed by atoms with van der Waals surface area (Å²) in [6.07, 6.45) is -4.65. The molecule has 0 aliphatic heterocycles. The molecule has 0 atom stereocenters. The second kappa shape index (κ2) is 5.21. The van der Waals surface area contributed by atoms with E-state index in [2.05, 4.69) is 10.1 Å². The Morgan fingerprint density at radius 2 is 2.08 bits per heavy atom. The van der Waals surface area contributed by atoms with E-state index >= 15 is 0 Å². The summed E-state index contributed by atoms with van der Waals surface area (Å²) < 4.78 is 37.3. The van der Waals surface area contributed by atoms with Crippen LogP contribution in [0.4, 0.5) is 13.2 Å². The molecule has 0 aliphatic rings. The molecule has 7 heteroatoms. The number of alkyl halides is 4. The van der Waals surface area contributed by atoms with Crippen molar-refractivity contribution in [3.8, 4) is 0 Å². The van der Waals surface area contributed by atoms with E-state index < -0.39 is 18.9 Å². The zero-order valence-electron chi connectivity index (χ0n) is 5.95. The third-order valence-corrected chi connectivity index (χ3v) is 1.05. The Labute approximate surface area is 71.8 Å². The second-order valence-corrected chi connectivity index (χ2v) is 2.05. The van der Waals surface area contributed by atoms with Gasteiger partial charge in [0, 0.05) is 6.54 Å². The summed E-state index contributed by atoms with van der Waals surface area (Å²) in [6, 6.07) is 0. The molecule has 0 bridgehead atoms. The fourth-order valence-electron chi connectivity index (χ4n) is 0.404. The number of nitrogens with one attached hydrogen (secondary N) is 1. The van der Waals surface area contributed by atoms with E-state index in [4.69, 9.17) is 11.6 Å². The first-order chi connectivity index (χ1) is 5.45. The van der Waals surface area contributed by atoms with Gasteiger partial charge in [-0.25, -0.2) is 0 Å². The van der Waals surface area contributed by atoms with Gasteiger partial charge in [-0.2, -0.15) is 0 Å². The summed E-state index contributed by atoms with van der Waals surface area (Å²) in [5, 5.41) is 2.11. The van der Waals surface area contributed by atoms with Gasteiger partial charge in [0.15, 0.2) is 0 Å². The summed E-state index contributed by atoms with van der Waals surface area (Å²) >= 11 is 5.05. The first kappa shape index (κ1) is 11.5. The van der Waals surface area contributed by atoms with E-state index in [0.717, 1.165) is 0 Å². The number of halogens is 4. The first-order valence-electron chi connectivity index (χ1n) is 2.99. The van der Waals surface area contributed by atoms with Crippen molar-refractivity contribution >= 4 is 17.5 Å². The lowest BCUT2D eigenvalue weighted by molar-refractivity contribution is -0.323. The Morgan fingerprint density at radius 3 is 2.50 bits per heavy atom. The van der Waals surface area contributed by atoms with E-state index in [0.29, 0.717) is 0 Å². The van der Waals surface area contributed by atoms with Crippen LogP contribution in [0, 0.1) is 0 Å². The van der Waals surface area contributed by atoms with Crippen molar-refractivity contribution in [2.45, 2.75) is 6.36 Å². The van der Waals surface area contributed by atoms with Crippen molar-refractivity contribution in [1.82, 2.24) is 5.32 Å². The van der Waals surface area contributed by atoms with Crippen LogP contribution in [0.2, 0.25) is 0 Å². The highest BCUT2D eigenvalue weighted by atomic mass is 35.5. The third kappa shape index (κ3) is 7.62. The molecule has 12 heavy (non-hydrogen) atoms. The molecular formula is C5H7ClF3NO2. The van der Waals surface area contributed by atoms with E-state index in [1.54, 1.807) is 0 Å². The molecule has 0 fully saturated rings. The normalized spacial score (nSPS) is 11.3. The third-order valence-electron chi connectivity index (χ3n) is 0.811. The quantitative estimate of drug-likeness (QED) is 0.547. The number of hydrogen-bond donors (Lipinski definition) is 1. The lowest BCUT2D eigenvalue weighted by Crippen LogP contribution is -2.30. The van der Waals surface area contributed by atoms with Crippen molar-refractivity contribution in [3.05, 3.63) is 0 Å². The maximum absolute atomic E-state index is 11.3. The molecule has 0 saturated carbocycles. The number of amides is 1. The van der Waals surface area contributed by atoms with E-state index in [1.165, 1.54) is 0 Å². The monoisotopic (exact) mass is 205 g/mol. The highest BCUT2D eigenvalue weighted by Gasteiger charge is 2.28. The molecule has 0 radical (unpaired) electrons. The van der Waals surface area contributed by atoms with Gasteiger partial charge in [0.1, 0.15) is 5.88 Å². The molecule has 0 aromatic carbocycles. The summed E-state index contributed by atoms with van der Waals surface area (Å²) in [5.41, 5.74) is 0. The van der Waals surface area contributed by atoms with Crippen LogP contribution >= 0.6 is 11.6 Å². The number of hydrogen-bond acceptors (Lipinski definition) is 2. The second-order valence-electron chi connectivity index (χ2n) is 1.78. The van der Waals surface area contributed by atoms with Crippen LogP contribution in [0.25, 0.3) is 0 Å². The van der Waals surface area contributed by atoms with Crippen molar-refractivity contribution in [3.63, 3.8) is 0 Å². The molecule has 0 unspecified atom stereocenters. The van der Waals surface area contributed by atoms with Crippen LogP contribution in [0.3, 0.4) is 0 Å². The Hall–Kier alpha value is -0.490. The van der Waals surface area contributed by atoms with Crippen LogP contribution in [0.1, 0.15) is 0 Å². The molecule has 0 aromatic rings. The smallest absolute Gasteiger partial charge is 0.353 e. The van der Waals surface area contributed by atoms with E-state index in [1.807, 2.05) is 0 Å². The Morgan fingerprint density at radius 1 is 1.50 bits per heavy atom. The van der Waals surface area contributed by atoms with Crippen LogP contribution < -0.4 is 5.32 Å². The number of ether oxygens (including phenoxy) is 1. The van der Waals surface area contributed by atoms with Gasteiger partial charge in [0.25, 0.3) is 0 Å². The lowest BCUT2D eigenvalue weighted by atomic mass is 10.6. The molecule has 3 nitrogen and oxygen atoms in total. The minimum absolute atomic E-state index is 0.203. The van der Waals surface area contributed by atoms with Gasteiger partial charge in [0.2, 0.25) is 5.91 Å². The predicted octanol–water partition coefficient (Wildman–Crippen LogP) is 0.878. The van der Waals surface area contributed by atoms with Gasteiger partial charge in [0.05, 0.1) is 6.61 Å². The average Bonchev–Trinajstić information content (AvgIpc) is 1.96. The average molecular weight is 206 g/mol. The zero-order chi connectivity index (χ0) is 9.61. The van der Waals surface area contributed by atoms with E-state index in [-0.39, 0.29) is 12.4 Å². The minimum atomic E-state index is -4.65. The highest BCUT2D eigenvalue weighted by molar-refractivity contribution is 6.27. The number of rotatable bonds is 4. The van der Waals surface area contributed by atoms with Crippen molar-refractivity contribution in [1.29, 1.82) is 0 Å². The molecule has 0 heterocycles. The fourth-order valence-corrected chi connectivity index (χ4v) is 0.499. The molecule has 0 spiro atoms. The van der Waals surface area contributed by atoms with Gasteiger partial charge in [-0.05, 0) is 0 Å². The largest absolute Gasteiger partial charge is 0.522 e. The van der Waals surface area contributed by atoms with Crippen LogP contribution in [-0.2, 0) is 9.53 Å². The highest BCUT2D eigenvalue weighted by Crippen LogP contribution is 2.14. The van der Waals surface area contributed by atoms with Crippen molar-refractivity contribution in [2.24, 2.45) is 0 Å². The molecule has 0 rings (SSSR count). The summed E-state index contributed by atoms with van der Waals surface area (Å²) in [7, 11) is 0. The molecule has 0 saturated heterocycles. The summed E-state index contributed by atoms with van der Waals surface area (Å²) in [4.78, 5) is 10.4. The summed E-state index contributed by atoms with van der Waals surface area (Å²) in [6.45, 7) is -0.808. The zero-order valence-corrected chi connectivity index (χ0v) is 6.71. The van der Waals surface area contributed by atoms with Crippen molar-refractivity contribution < 1.29 is 22.7 Å². The van der Waals surface area contributed by atoms with Gasteiger partial charge in [-0.1, -0.05) is 0 Å². The maximum atomic E-state index is 11.3. The minimum Gasteiger partial charge on any atom is -0.353 e. The molecule has 1 N–H and O–H groups in total. The molecule has 0 aromatic heterocycles. The molecule has 0 aliphatic carbocycles. The topological polar surface area (TPSA) is 38.3 Å². The van der Waals surface area contributed by atoms with Gasteiger partial charge < -0.3 is 5.32 Å². The van der Waals surface area contributed by atoms with Gasteiger partial charge in [-0.3, -0.25) is 9.53 Å². The predicted molar refractivity (Wildman–Crippen MR) is 35.7 cm³/mol. The SMILES string of the molecule is O=C(CCl)NCCOC(F)(F)F. The van der Waals surface area contributed by atoms with Gasteiger partial charge >= 0.3 is 6.36 Å². The van der Waals surface area contributed by atoms with Crippen molar-refractivity contribution in [2.75, 3.05) is 19.0 Å². The Kier molecular flexibility index (Phi) is 5.00. The molecule has 72 valence electrons. The number of carbonyl (C=O) groups is 1.